The molecule has 8 heteroatoms. The first kappa shape index (κ1) is 16.1. The second kappa shape index (κ2) is 6.83. The molecule has 0 saturated carbocycles. The van der Waals surface area contributed by atoms with Gasteiger partial charge in [0.15, 0.2) is 0 Å². The molecule has 0 saturated heterocycles. The molecule has 0 aliphatic rings. The highest BCUT2D eigenvalue weighted by molar-refractivity contribution is 5.93. The zero-order chi connectivity index (χ0) is 17.9. The molecule has 4 rings (SSSR count). The highest BCUT2D eigenvalue weighted by Crippen LogP contribution is 2.32. The van der Waals surface area contributed by atoms with E-state index < -0.39 is 0 Å². The van der Waals surface area contributed by atoms with E-state index in [1.807, 2.05) is 62.9 Å². The Labute approximate surface area is 150 Å². The molecule has 4 aromatic rings. The summed E-state index contributed by atoms with van der Waals surface area (Å²) in [7, 11) is 3.66. The smallest absolute Gasteiger partial charge is 0.134 e. The third-order valence-electron chi connectivity index (χ3n) is 3.89. The molecule has 0 aliphatic carbocycles. The molecule has 0 aliphatic heterocycles. The molecule has 0 N–H and O–H groups in total. The number of hydrogen-bond acceptors (Lipinski definition) is 6. The van der Waals surface area contributed by atoms with E-state index in [9.17, 15) is 0 Å². The summed E-state index contributed by atoms with van der Waals surface area (Å²) < 4.78 is 15.2. The zero-order valence-electron chi connectivity index (χ0n) is 14.5. The van der Waals surface area contributed by atoms with Crippen LogP contribution in [0.2, 0.25) is 0 Å². The molecule has 26 heavy (non-hydrogen) atoms. The SMILES string of the molecule is Cn1cc(COc2cccc3c(OCc4cn(C)nn4)cccc23)nn1. The van der Waals surface area contributed by atoms with E-state index in [0.29, 0.717) is 13.2 Å². The Morgan fingerprint density at radius 1 is 0.731 bits per heavy atom. The minimum Gasteiger partial charge on any atom is -0.487 e. The minimum absolute atomic E-state index is 0.359. The van der Waals surface area contributed by atoms with Gasteiger partial charge in [0.25, 0.3) is 0 Å². The fourth-order valence-electron chi connectivity index (χ4n) is 2.73. The summed E-state index contributed by atoms with van der Waals surface area (Å²) in [5.41, 5.74) is 1.55. The Morgan fingerprint density at radius 2 is 1.19 bits per heavy atom. The van der Waals surface area contributed by atoms with Crippen LogP contribution in [0.5, 0.6) is 11.5 Å². The number of ether oxygens (including phenoxy) is 2. The van der Waals surface area contributed by atoms with Crippen LogP contribution in [0.25, 0.3) is 10.8 Å². The molecule has 0 atom stereocenters. The zero-order valence-corrected chi connectivity index (χ0v) is 14.5. The first-order chi connectivity index (χ1) is 12.7. The molecule has 2 aromatic carbocycles. The van der Waals surface area contributed by atoms with Crippen LogP contribution in [0.15, 0.2) is 48.8 Å². The molecule has 0 fully saturated rings. The number of fused-ring (bicyclic) bond motifs is 1. The van der Waals surface area contributed by atoms with E-state index in [2.05, 4.69) is 20.6 Å². The van der Waals surface area contributed by atoms with E-state index >= 15 is 0 Å². The Morgan fingerprint density at radius 3 is 1.58 bits per heavy atom. The molecule has 132 valence electrons. The van der Waals surface area contributed by atoms with Crippen LogP contribution >= 0.6 is 0 Å². The minimum atomic E-state index is 0.359. The third-order valence-corrected chi connectivity index (χ3v) is 3.89. The van der Waals surface area contributed by atoms with Crippen molar-refractivity contribution in [1.29, 1.82) is 0 Å². The number of nitrogens with zero attached hydrogens (tertiary/aromatic N) is 6. The number of benzene rings is 2. The third kappa shape index (κ3) is 3.34. The molecule has 0 amide bonds. The Kier molecular flexibility index (Phi) is 4.22. The Bertz CT molecular complexity index is 956. The lowest BCUT2D eigenvalue weighted by atomic mass is 10.1. The molecular weight excluding hydrogens is 332 g/mol. The standard InChI is InChI=1S/C18H18N6O2/c1-23-9-13(19-21-23)11-25-17-7-3-6-16-15(17)5-4-8-18(16)26-12-14-10-24(2)22-20-14/h3-10H,11-12H2,1-2H3. The maximum atomic E-state index is 5.94. The molecule has 2 aromatic heterocycles. The van der Waals surface area contributed by atoms with Crippen molar-refractivity contribution < 1.29 is 9.47 Å². The number of aryl methyl sites for hydroxylation is 2. The number of hydrogen-bond donors (Lipinski definition) is 0. The van der Waals surface area contributed by atoms with Gasteiger partial charge in [0.1, 0.15) is 36.1 Å². The van der Waals surface area contributed by atoms with Crippen LogP contribution in [-0.4, -0.2) is 30.0 Å². The van der Waals surface area contributed by atoms with Crippen molar-refractivity contribution in [3.63, 3.8) is 0 Å². The van der Waals surface area contributed by atoms with E-state index in [0.717, 1.165) is 33.7 Å². The highest BCUT2D eigenvalue weighted by Gasteiger charge is 2.09. The second-order valence-electron chi connectivity index (χ2n) is 5.95. The van der Waals surface area contributed by atoms with Gasteiger partial charge >= 0.3 is 0 Å². The highest BCUT2D eigenvalue weighted by atomic mass is 16.5. The molecule has 2 heterocycles. The summed E-state index contributed by atoms with van der Waals surface area (Å²) in [4.78, 5) is 0. The normalized spacial score (nSPS) is 11.0. The van der Waals surface area contributed by atoms with Gasteiger partial charge in [0.2, 0.25) is 0 Å². The van der Waals surface area contributed by atoms with Gasteiger partial charge in [0, 0.05) is 24.9 Å². The number of rotatable bonds is 6. The van der Waals surface area contributed by atoms with Gasteiger partial charge < -0.3 is 9.47 Å². The van der Waals surface area contributed by atoms with Crippen molar-refractivity contribution in [3.8, 4) is 11.5 Å². The first-order valence-corrected chi connectivity index (χ1v) is 8.17. The summed E-state index contributed by atoms with van der Waals surface area (Å²) >= 11 is 0. The van der Waals surface area contributed by atoms with Crippen molar-refractivity contribution in [2.75, 3.05) is 0 Å². The van der Waals surface area contributed by atoms with Gasteiger partial charge in [-0.3, -0.25) is 9.36 Å². The topological polar surface area (TPSA) is 79.9 Å². The lowest BCUT2D eigenvalue weighted by Crippen LogP contribution is -1.98. The van der Waals surface area contributed by atoms with Gasteiger partial charge in [-0.1, -0.05) is 34.7 Å². The number of aromatic nitrogens is 6. The Balaban J connectivity index is 1.56. The van der Waals surface area contributed by atoms with Crippen molar-refractivity contribution >= 4 is 10.8 Å². The quantitative estimate of drug-likeness (QED) is 0.531. The molecular formula is C18H18N6O2. The summed E-state index contributed by atoms with van der Waals surface area (Å²) in [6.45, 7) is 0.718. The van der Waals surface area contributed by atoms with Crippen LogP contribution in [-0.2, 0) is 27.3 Å². The van der Waals surface area contributed by atoms with Crippen molar-refractivity contribution in [1.82, 2.24) is 30.0 Å². The lowest BCUT2D eigenvalue weighted by molar-refractivity contribution is 0.301. The van der Waals surface area contributed by atoms with Crippen LogP contribution in [0.1, 0.15) is 11.4 Å². The predicted molar refractivity (Wildman–Crippen MR) is 94.6 cm³/mol. The van der Waals surface area contributed by atoms with Gasteiger partial charge in [-0.25, -0.2) is 0 Å². The predicted octanol–water partition coefficient (Wildman–Crippen LogP) is 2.25. The summed E-state index contributed by atoms with van der Waals surface area (Å²) in [6.07, 6.45) is 3.67. The van der Waals surface area contributed by atoms with Crippen molar-refractivity contribution in [2.45, 2.75) is 13.2 Å². The lowest BCUT2D eigenvalue weighted by Gasteiger charge is -2.11. The van der Waals surface area contributed by atoms with Crippen LogP contribution < -0.4 is 9.47 Å². The van der Waals surface area contributed by atoms with Gasteiger partial charge in [-0.05, 0) is 12.1 Å². The van der Waals surface area contributed by atoms with Crippen LogP contribution in [0, 0.1) is 0 Å². The summed E-state index contributed by atoms with van der Waals surface area (Å²) in [5.74, 6) is 1.55. The molecule has 8 nitrogen and oxygen atoms in total. The van der Waals surface area contributed by atoms with E-state index in [4.69, 9.17) is 9.47 Å². The van der Waals surface area contributed by atoms with E-state index in [1.54, 1.807) is 9.36 Å². The largest absolute Gasteiger partial charge is 0.487 e. The molecule has 0 bridgehead atoms. The molecule has 0 unspecified atom stereocenters. The van der Waals surface area contributed by atoms with E-state index in [1.165, 1.54) is 0 Å². The fraction of sp³-hybridized carbons (Fsp3) is 0.222. The maximum Gasteiger partial charge on any atom is 0.134 e. The maximum absolute atomic E-state index is 5.94. The van der Waals surface area contributed by atoms with Gasteiger partial charge in [0.05, 0.1) is 12.4 Å². The monoisotopic (exact) mass is 350 g/mol. The Hall–Kier alpha value is -3.42. The fourth-order valence-corrected chi connectivity index (χ4v) is 2.73. The van der Waals surface area contributed by atoms with E-state index in [-0.39, 0.29) is 0 Å². The summed E-state index contributed by atoms with van der Waals surface area (Å²) in [6, 6.07) is 11.8. The average molecular weight is 350 g/mol. The van der Waals surface area contributed by atoms with Crippen molar-refractivity contribution in [2.24, 2.45) is 14.1 Å². The first-order valence-electron chi connectivity index (χ1n) is 8.17. The summed E-state index contributed by atoms with van der Waals surface area (Å²) in [5, 5.41) is 17.9. The average Bonchev–Trinajstić information content (AvgIpc) is 3.26. The van der Waals surface area contributed by atoms with Crippen LogP contribution in [0.3, 0.4) is 0 Å². The van der Waals surface area contributed by atoms with Gasteiger partial charge in [-0.15, -0.1) is 10.2 Å². The molecule has 0 spiro atoms. The van der Waals surface area contributed by atoms with Crippen molar-refractivity contribution in [3.05, 3.63) is 60.2 Å². The molecule has 0 radical (unpaired) electrons. The van der Waals surface area contributed by atoms with Gasteiger partial charge in [-0.2, -0.15) is 0 Å². The van der Waals surface area contributed by atoms with Crippen LogP contribution in [0.4, 0.5) is 0 Å². The second-order valence-corrected chi connectivity index (χ2v) is 5.95.